The lowest BCUT2D eigenvalue weighted by molar-refractivity contribution is -0.118. The van der Waals surface area contributed by atoms with Gasteiger partial charge in [0.15, 0.2) is 11.5 Å². The van der Waals surface area contributed by atoms with Gasteiger partial charge in [0.1, 0.15) is 5.75 Å². The highest BCUT2D eigenvalue weighted by molar-refractivity contribution is 6.32. The van der Waals surface area contributed by atoms with Gasteiger partial charge in [-0.05, 0) is 55.7 Å². The van der Waals surface area contributed by atoms with Crippen molar-refractivity contribution in [2.75, 3.05) is 19.8 Å². The molecule has 0 radical (unpaired) electrons. The Morgan fingerprint density at radius 2 is 1.86 bits per heavy atom. The van der Waals surface area contributed by atoms with Crippen LogP contribution in [-0.4, -0.2) is 31.9 Å². The third-order valence-electron chi connectivity index (χ3n) is 3.90. The fourth-order valence-corrected chi connectivity index (χ4v) is 2.81. The van der Waals surface area contributed by atoms with Gasteiger partial charge < -0.3 is 14.2 Å². The largest absolute Gasteiger partial charge is 0.493 e. The van der Waals surface area contributed by atoms with E-state index in [9.17, 15) is 4.79 Å². The molecule has 1 N–H and O–H groups in total. The highest BCUT2D eigenvalue weighted by Gasteiger charge is 2.12. The van der Waals surface area contributed by atoms with Crippen molar-refractivity contribution in [2.45, 2.75) is 34.1 Å². The van der Waals surface area contributed by atoms with Gasteiger partial charge in [-0.25, -0.2) is 5.43 Å². The second-order valence-corrected chi connectivity index (χ2v) is 6.92. The summed E-state index contributed by atoms with van der Waals surface area (Å²) in [5, 5.41) is 4.26. The van der Waals surface area contributed by atoms with E-state index in [-0.39, 0.29) is 5.91 Å². The zero-order valence-electron chi connectivity index (χ0n) is 17.3. The molecule has 0 aliphatic rings. The van der Waals surface area contributed by atoms with Gasteiger partial charge in [0.25, 0.3) is 0 Å². The zero-order chi connectivity index (χ0) is 21.2. The minimum Gasteiger partial charge on any atom is -0.493 e. The van der Waals surface area contributed by atoms with Crippen LogP contribution in [0.1, 0.15) is 37.0 Å². The lowest BCUT2D eigenvalue weighted by Gasteiger charge is -2.15. The first kappa shape index (κ1) is 22.6. The normalized spacial score (nSPS) is 10.8. The Balaban J connectivity index is 1.95. The third kappa shape index (κ3) is 7.31. The zero-order valence-corrected chi connectivity index (χ0v) is 18.0. The number of hydrazone groups is 1. The van der Waals surface area contributed by atoms with E-state index in [1.54, 1.807) is 12.1 Å². The standard InChI is InChI=1S/C22H27ClN2O4/c1-5-27-21-13-18(14-24-25-17(4)26)12-19(23)22(21)29-10-6-9-28-20-11-15(2)7-8-16(20)3/h7-8,11-14H,5-6,9-10H2,1-4H3,(H,25,26)/b24-14+. The molecular weight excluding hydrogens is 392 g/mol. The van der Waals surface area contributed by atoms with Crippen molar-refractivity contribution in [1.29, 1.82) is 0 Å². The Hall–Kier alpha value is -2.73. The molecule has 0 aromatic heterocycles. The molecule has 0 fully saturated rings. The summed E-state index contributed by atoms with van der Waals surface area (Å²) in [5.74, 6) is 1.65. The quantitative estimate of drug-likeness (QED) is 0.345. The van der Waals surface area contributed by atoms with Gasteiger partial charge in [-0.1, -0.05) is 23.7 Å². The van der Waals surface area contributed by atoms with Gasteiger partial charge >= 0.3 is 0 Å². The van der Waals surface area contributed by atoms with E-state index in [0.29, 0.717) is 48.3 Å². The van der Waals surface area contributed by atoms with E-state index in [1.165, 1.54) is 13.1 Å². The number of benzene rings is 2. The summed E-state index contributed by atoms with van der Waals surface area (Å²) in [4.78, 5) is 10.9. The van der Waals surface area contributed by atoms with Crippen molar-refractivity contribution in [2.24, 2.45) is 5.10 Å². The minimum atomic E-state index is -0.250. The van der Waals surface area contributed by atoms with E-state index < -0.39 is 0 Å². The fourth-order valence-electron chi connectivity index (χ4n) is 2.54. The van der Waals surface area contributed by atoms with Crippen LogP contribution < -0.4 is 19.6 Å². The molecule has 0 bridgehead atoms. The van der Waals surface area contributed by atoms with Gasteiger partial charge in [-0.3, -0.25) is 4.79 Å². The minimum absolute atomic E-state index is 0.250. The number of rotatable bonds is 10. The number of nitrogens with zero attached hydrogens (tertiary/aromatic N) is 1. The summed E-state index contributed by atoms with van der Waals surface area (Å²) in [6.07, 6.45) is 2.19. The molecule has 0 saturated heterocycles. The number of ether oxygens (including phenoxy) is 3. The maximum absolute atomic E-state index is 10.9. The Morgan fingerprint density at radius 1 is 1.10 bits per heavy atom. The van der Waals surface area contributed by atoms with E-state index in [0.717, 1.165) is 16.9 Å². The highest BCUT2D eigenvalue weighted by Crippen LogP contribution is 2.36. The fraction of sp³-hybridized carbons (Fsp3) is 0.364. The number of halogens is 1. The molecule has 29 heavy (non-hydrogen) atoms. The molecule has 0 aliphatic heterocycles. The molecule has 0 saturated carbocycles. The number of hydrogen-bond donors (Lipinski definition) is 1. The Kier molecular flexibility index (Phi) is 8.80. The van der Waals surface area contributed by atoms with Crippen LogP contribution >= 0.6 is 11.6 Å². The Labute approximate surface area is 176 Å². The van der Waals surface area contributed by atoms with Crippen molar-refractivity contribution < 1.29 is 19.0 Å². The number of aryl methyl sites for hydroxylation is 2. The summed E-state index contributed by atoms with van der Waals surface area (Å²) < 4.78 is 17.4. The molecule has 2 aromatic rings. The molecule has 0 aliphatic carbocycles. The van der Waals surface area contributed by atoms with Crippen LogP contribution in [0.2, 0.25) is 5.02 Å². The summed E-state index contributed by atoms with van der Waals surface area (Å²) in [6.45, 7) is 8.77. The molecule has 0 spiro atoms. The molecule has 7 heteroatoms. The smallest absolute Gasteiger partial charge is 0.236 e. The highest BCUT2D eigenvalue weighted by atomic mass is 35.5. The summed E-state index contributed by atoms with van der Waals surface area (Å²) in [6, 6.07) is 9.61. The number of carbonyl (C=O) groups excluding carboxylic acids is 1. The predicted octanol–water partition coefficient (Wildman–Crippen LogP) is 4.67. The summed E-state index contributed by atoms with van der Waals surface area (Å²) in [7, 11) is 0. The Morgan fingerprint density at radius 3 is 2.59 bits per heavy atom. The van der Waals surface area contributed by atoms with Crippen molar-refractivity contribution in [3.05, 3.63) is 52.0 Å². The molecule has 1 amide bonds. The maximum Gasteiger partial charge on any atom is 0.236 e. The molecule has 0 heterocycles. The van der Waals surface area contributed by atoms with E-state index in [4.69, 9.17) is 25.8 Å². The molecule has 0 atom stereocenters. The number of amides is 1. The van der Waals surface area contributed by atoms with E-state index in [2.05, 4.69) is 16.6 Å². The van der Waals surface area contributed by atoms with Crippen molar-refractivity contribution in [3.8, 4) is 17.2 Å². The van der Waals surface area contributed by atoms with E-state index in [1.807, 2.05) is 32.9 Å². The third-order valence-corrected chi connectivity index (χ3v) is 4.18. The van der Waals surface area contributed by atoms with Crippen molar-refractivity contribution in [3.63, 3.8) is 0 Å². The average Bonchev–Trinajstić information content (AvgIpc) is 2.66. The van der Waals surface area contributed by atoms with Crippen LogP contribution in [0.3, 0.4) is 0 Å². The van der Waals surface area contributed by atoms with Gasteiger partial charge in [0.2, 0.25) is 5.91 Å². The van der Waals surface area contributed by atoms with Gasteiger partial charge in [-0.2, -0.15) is 5.10 Å². The Bertz CT molecular complexity index is 868. The van der Waals surface area contributed by atoms with E-state index >= 15 is 0 Å². The first-order valence-electron chi connectivity index (χ1n) is 9.49. The van der Waals surface area contributed by atoms with Crippen LogP contribution in [-0.2, 0) is 4.79 Å². The van der Waals surface area contributed by atoms with Gasteiger partial charge in [0, 0.05) is 13.3 Å². The van der Waals surface area contributed by atoms with Gasteiger partial charge in [0.05, 0.1) is 31.1 Å². The lowest BCUT2D eigenvalue weighted by atomic mass is 10.1. The second kappa shape index (κ2) is 11.3. The van der Waals surface area contributed by atoms with Crippen molar-refractivity contribution in [1.82, 2.24) is 5.43 Å². The number of nitrogens with one attached hydrogen (secondary N) is 1. The van der Waals surface area contributed by atoms with Crippen LogP contribution in [0.15, 0.2) is 35.4 Å². The molecule has 156 valence electrons. The molecule has 6 nitrogen and oxygen atoms in total. The van der Waals surface area contributed by atoms with Crippen LogP contribution in [0.25, 0.3) is 0 Å². The number of carbonyl (C=O) groups is 1. The molecular formula is C22H27ClN2O4. The van der Waals surface area contributed by atoms with Crippen LogP contribution in [0.4, 0.5) is 0 Å². The SMILES string of the molecule is CCOc1cc(/C=N/NC(C)=O)cc(Cl)c1OCCCOc1cc(C)ccc1C. The van der Waals surface area contributed by atoms with Crippen LogP contribution in [0, 0.1) is 13.8 Å². The molecule has 2 rings (SSSR count). The van der Waals surface area contributed by atoms with Gasteiger partial charge in [-0.15, -0.1) is 0 Å². The summed E-state index contributed by atoms with van der Waals surface area (Å²) >= 11 is 6.37. The monoisotopic (exact) mass is 418 g/mol. The average molecular weight is 419 g/mol. The summed E-state index contributed by atoms with van der Waals surface area (Å²) in [5.41, 5.74) is 5.31. The molecule has 0 unspecified atom stereocenters. The number of hydrogen-bond acceptors (Lipinski definition) is 5. The predicted molar refractivity (Wildman–Crippen MR) is 116 cm³/mol. The lowest BCUT2D eigenvalue weighted by Crippen LogP contribution is -2.12. The first-order valence-corrected chi connectivity index (χ1v) is 9.87. The first-order chi connectivity index (χ1) is 13.9. The van der Waals surface area contributed by atoms with Crippen LogP contribution in [0.5, 0.6) is 17.2 Å². The second-order valence-electron chi connectivity index (χ2n) is 6.51. The maximum atomic E-state index is 10.9. The topological polar surface area (TPSA) is 69.2 Å². The molecule has 2 aromatic carbocycles. The van der Waals surface area contributed by atoms with Crippen molar-refractivity contribution >= 4 is 23.7 Å².